The van der Waals surface area contributed by atoms with Gasteiger partial charge in [0.25, 0.3) is 0 Å². The molecule has 0 fully saturated rings. The zero-order valence-corrected chi connectivity index (χ0v) is 12.9. The van der Waals surface area contributed by atoms with Crippen molar-refractivity contribution in [3.63, 3.8) is 0 Å². The summed E-state index contributed by atoms with van der Waals surface area (Å²) in [5, 5.41) is 13.0. The maximum Gasteiger partial charge on any atom is 0.130 e. The van der Waals surface area contributed by atoms with Crippen molar-refractivity contribution in [2.75, 3.05) is 11.9 Å². The lowest BCUT2D eigenvalue weighted by Crippen LogP contribution is -2.16. The van der Waals surface area contributed by atoms with Crippen LogP contribution in [0.25, 0.3) is 0 Å². The SMILES string of the molecule is CCc1ccc(C(CO)Nc2cc(CC)nc(C)n2)cc1. The predicted molar refractivity (Wildman–Crippen MR) is 85.4 cm³/mol. The van der Waals surface area contributed by atoms with Crippen LogP contribution in [0, 0.1) is 6.92 Å². The van der Waals surface area contributed by atoms with E-state index in [1.165, 1.54) is 5.56 Å². The molecular formula is C17H23N3O. The number of benzene rings is 1. The lowest BCUT2D eigenvalue weighted by Gasteiger charge is -2.18. The number of aromatic nitrogens is 2. The monoisotopic (exact) mass is 285 g/mol. The summed E-state index contributed by atoms with van der Waals surface area (Å²) in [6, 6.07) is 10.1. The highest BCUT2D eigenvalue weighted by molar-refractivity contribution is 5.40. The van der Waals surface area contributed by atoms with E-state index in [-0.39, 0.29) is 12.6 Å². The molecule has 0 spiro atoms. The Morgan fingerprint density at radius 2 is 1.81 bits per heavy atom. The first-order valence-corrected chi connectivity index (χ1v) is 7.47. The van der Waals surface area contributed by atoms with Crippen molar-refractivity contribution in [1.29, 1.82) is 0 Å². The van der Waals surface area contributed by atoms with Crippen molar-refractivity contribution in [2.24, 2.45) is 0 Å². The zero-order chi connectivity index (χ0) is 15.2. The van der Waals surface area contributed by atoms with Crippen molar-refractivity contribution >= 4 is 5.82 Å². The normalized spacial score (nSPS) is 12.2. The van der Waals surface area contributed by atoms with Crippen LogP contribution in [0.4, 0.5) is 5.82 Å². The fraction of sp³-hybridized carbons (Fsp3) is 0.412. The number of hydrogen-bond acceptors (Lipinski definition) is 4. The van der Waals surface area contributed by atoms with Crippen molar-refractivity contribution in [2.45, 2.75) is 39.7 Å². The minimum atomic E-state index is -0.157. The van der Waals surface area contributed by atoms with Gasteiger partial charge in [-0.2, -0.15) is 0 Å². The lowest BCUT2D eigenvalue weighted by atomic mass is 10.0. The van der Waals surface area contributed by atoms with E-state index in [2.05, 4.69) is 53.4 Å². The van der Waals surface area contributed by atoms with E-state index < -0.39 is 0 Å². The van der Waals surface area contributed by atoms with Crippen LogP contribution < -0.4 is 5.32 Å². The molecule has 0 saturated heterocycles. The van der Waals surface area contributed by atoms with Gasteiger partial charge in [-0.1, -0.05) is 38.1 Å². The van der Waals surface area contributed by atoms with Gasteiger partial charge in [0.2, 0.25) is 0 Å². The van der Waals surface area contributed by atoms with E-state index in [1.54, 1.807) is 0 Å². The fourth-order valence-electron chi connectivity index (χ4n) is 2.28. The van der Waals surface area contributed by atoms with Gasteiger partial charge in [0.05, 0.1) is 12.6 Å². The summed E-state index contributed by atoms with van der Waals surface area (Å²) >= 11 is 0. The Hall–Kier alpha value is -1.94. The van der Waals surface area contributed by atoms with Gasteiger partial charge in [-0.05, 0) is 30.9 Å². The smallest absolute Gasteiger partial charge is 0.130 e. The maximum atomic E-state index is 9.66. The molecular weight excluding hydrogens is 262 g/mol. The van der Waals surface area contributed by atoms with Crippen LogP contribution in [0.15, 0.2) is 30.3 Å². The molecule has 1 unspecified atom stereocenters. The first kappa shape index (κ1) is 15.4. The van der Waals surface area contributed by atoms with Crippen molar-refractivity contribution < 1.29 is 5.11 Å². The van der Waals surface area contributed by atoms with Gasteiger partial charge in [-0.3, -0.25) is 0 Å². The number of aryl methyl sites for hydroxylation is 3. The Morgan fingerprint density at radius 3 is 2.38 bits per heavy atom. The molecule has 4 heteroatoms. The van der Waals surface area contributed by atoms with Crippen LogP contribution >= 0.6 is 0 Å². The Morgan fingerprint density at radius 1 is 1.10 bits per heavy atom. The van der Waals surface area contributed by atoms with Gasteiger partial charge >= 0.3 is 0 Å². The highest BCUT2D eigenvalue weighted by Crippen LogP contribution is 2.19. The minimum absolute atomic E-state index is 0.0238. The van der Waals surface area contributed by atoms with Gasteiger partial charge in [0, 0.05) is 11.8 Å². The standard InChI is InChI=1S/C17H23N3O/c1-4-13-6-8-14(9-7-13)16(11-21)20-17-10-15(5-2)18-12(3)19-17/h6-10,16,21H,4-5,11H2,1-3H3,(H,18,19,20). The van der Waals surface area contributed by atoms with Gasteiger partial charge in [-0.25, -0.2) is 9.97 Å². The third-order valence-electron chi connectivity index (χ3n) is 3.55. The number of hydrogen-bond donors (Lipinski definition) is 2. The number of rotatable bonds is 6. The second kappa shape index (κ2) is 7.18. The molecule has 1 aromatic carbocycles. The number of nitrogens with zero attached hydrogens (tertiary/aromatic N) is 2. The lowest BCUT2D eigenvalue weighted by molar-refractivity contribution is 0.276. The summed E-state index contributed by atoms with van der Waals surface area (Å²) < 4.78 is 0. The molecule has 2 aromatic rings. The van der Waals surface area contributed by atoms with E-state index in [1.807, 2.05) is 13.0 Å². The van der Waals surface area contributed by atoms with Crippen LogP contribution in [0.2, 0.25) is 0 Å². The van der Waals surface area contributed by atoms with E-state index in [0.29, 0.717) is 0 Å². The Kier molecular flexibility index (Phi) is 5.28. The second-order valence-corrected chi connectivity index (χ2v) is 5.12. The van der Waals surface area contributed by atoms with E-state index in [0.717, 1.165) is 35.7 Å². The molecule has 4 nitrogen and oxygen atoms in total. The van der Waals surface area contributed by atoms with Crippen LogP contribution in [0.3, 0.4) is 0 Å². The van der Waals surface area contributed by atoms with Crippen molar-refractivity contribution in [1.82, 2.24) is 9.97 Å². The van der Waals surface area contributed by atoms with Gasteiger partial charge < -0.3 is 10.4 Å². The molecule has 0 amide bonds. The Balaban J connectivity index is 2.19. The molecule has 0 aliphatic heterocycles. The number of aliphatic hydroxyl groups excluding tert-OH is 1. The largest absolute Gasteiger partial charge is 0.394 e. The number of aliphatic hydroxyl groups is 1. The first-order chi connectivity index (χ1) is 10.2. The van der Waals surface area contributed by atoms with Crippen LogP contribution in [0.5, 0.6) is 0 Å². The molecule has 0 bridgehead atoms. The molecule has 1 aromatic heterocycles. The average molecular weight is 285 g/mol. The summed E-state index contributed by atoms with van der Waals surface area (Å²) in [6.07, 6.45) is 1.88. The Labute approximate surface area is 126 Å². The van der Waals surface area contributed by atoms with Crippen molar-refractivity contribution in [3.05, 3.63) is 53.0 Å². The molecule has 0 aliphatic rings. The molecule has 1 atom stereocenters. The van der Waals surface area contributed by atoms with Gasteiger partial charge in [-0.15, -0.1) is 0 Å². The van der Waals surface area contributed by atoms with E-state index in [4.69, 9.17) is 0 Å². The van der Waals surface area contributed by atoms with Gasteiger partial charge in [0.15, 0.2) is 0 Å². The zero-order valence-electron chi connectivity index (χ0n) is 12.9. The molecule has 1 heterocycles. The minimum Gasteiger partial charge on any atom is -0.394 e. The number of nitrogens with one attached hydrogen (secondary N) is 1. The molecule has 0 radical (unpaired) electrons. The van der Waals surface area contributed by atoms with Crippen LogP contribution in [-0.2, 0) is 12.8 Å². The quantitative estimate of drug-likeness (QED) is 0.856. The predicted octanol–water partition coefficient (Wildman–Crippen LogP) is 3.06. The first-order valence-electron chi connectivity index (χ1n) is 7.47. The Bertz CT molecular complexity index is 581. The molecule has 21 heavy (non-hydrogen) atoms. The third-order valence-corrected chi connectivity index (χ3v) is 3.55. The summed E-state index contributed by atoms with van der Waals surface area (Å²) in [7, 11) is 0. The molecule has 2 N–H and O–H groups in total. The highest BCUT2D eigenvalue weighted by Gasteiger charge is 2.11. The highest BCUT2D eigenvalue weighted by atomic mass is 16.3. The molecule has 112 valence electrons. The molecule has 0 aliphatic carbocycles. The molecule has 0 saturated carbocycles. The van der Waals surface area contributed by atoms with Crippen molar-refractivity contribution in [3.8, 4) is 0 Å². The average Bonchev–Trinajstić information content (AvgIpc) is 2.52. The summed E-state index contributed by atoms with van der Waals surface area (Å²) in [4.78, 5) is 8.76. The summed E-state index contributed by atoms with van der Waals surface area (Å²) in [5.74, 6) is 1.51. The van der Waals surface area contributed by atoms with E-state index >= 15 is 0 Å². The topological polar surface area (TPSA) is 58.0 Å². The number of anilines is 1. The second-order valence-electron chi connectivity index (χ2n) is 5.12. The fourth-order valence-corrected chi connectivity index (χ4v) is 2.28. The van der Waals surface area contributed by atoms with Gasteiger partial charge in [0.1, 0.15) is 11.6 Å². The van der Waals surface area contributed by atoms with Crippen LogP contribution in [-0.4, -0.2) is 21.7 Å². The summed E-state index contributed by atoms with van der Waals surface area (Å²) in [5.41, 5.74) is 3.36. The maximum absolute atomic E-state index is 9.66. The molecule has 2 rings (SSSR count). The summed E-state index contributed by atoms with van der Waals surface area (Å²) in [6.45, 7) is 6.11. The van der Waals surface area contributed by atoms with Crippen LogP contribution in [0.1, 0.15) is 42.5 Å². The third kappa shape index (κ3) is 4.02. The van der Waals surface area contributed by atoms with E-state index in [9.17, 15) is 5.11 Å².